The first kappa shape index (κ1) is 40.5. The number of carboxylic acids is 1. The van der Waals surface area contributed by atoms with Crippen LogP contribution < -0.4 is 14.7 Å². The van der Waals surface area contributed by atoms with Gasteiger partial charge in [0.25, 0.3) is 0 Å². The number of aromatic carboxylic acids is 1. The van der Waals surface area contributed by atoms with Gasteiger partial charge in [0.2, 0.25) is 5.69 Å². The molecule has 0 spiro atoms. The van der Waals surface area contributed by atoms with Crippen LogP contribution in [0.1, 0.15) is 65.8 Å². The van der Waals surface area contributed by atoms with Crippen LogP contribution in [-0.2, 0) is 48.6 Å². The van der Waals surface area contributed by atoms with E-state index in [1.807, 2.05) is 53.1 Å². The number of nitrogens with one attached hydrogen (secondary N) is 2. The van der Waals surface area contributed by atoms with Crippen molar-refractivity contribution >= 4 is 39.2 Å². The number of aryl methyl sites for hydroxylation is 2. The van der Waals surface area contributed by atoms with E-state index in [4.69, 9.17) is 25.8 Å². The van der Waals surface area contributed by atoms with Crippen LogP contribution in [0.15, 0.2) is 78.9 Å². The summed E-state index contributed by atoms with van der Waals surface area (Å²) in [5, 5.41) is 21.4. The summed E-state index contributed by atoms with van der Waals surface area (Å²) in [4.78, 5) is 15.8. The molecule has 10 nitrogen and oxygen atoms in total. The number of carboxylic acid groups (broad SMARTS) is 1. The maximum absolute atomic E-state index is 13.4. The molecule has 4 heterocycles. The number of H-pyrrole nitrogens is 1. The maximum atomic E-state index is 13.4. The van der Waals surface area contributed by atoms with Gasteiger partial charge in [0.15, 0.2) is 6.54 Å². The molecule has 1 saturated heterocycles. The highest BCUT2D eigenvalue weighted by molar-refractivity contribution is 6.35. The third-order valence-corrected chi connectivity index (χ3v) is 11.4. The number of rotatable bonds is 12. The van der Waals surface area contributed by atoms with Crippen molar-refractivity contribution in [1.82, 2.24) is 19.9 Å². The van der Waals surface area contributed by atoms with Gasteiger partial charge in [-0.05, 0) is 66.6 Å². The van der Waals surface area contributed by atoms with Gasteiger partial charge in [-0.15, -0.1) is 4.68 Å². The quantitative estimate of drug-likeness (QED) is 0.0852. The number of morpholine rings is 1. The number of carbonyl (C=O) groups is 1. The normalized spacial score (nSPS) is 14.4. The molecular weight excluding hydrogens is 738 g/mol. The zero-order chi connectivity index (χ0) is 39.7. The van der Waals surface area contributed by atoms with E-state index in [-0.39, 0.29) is 5.69 Å². The average molecular weight is 793 g/mol. The van der Waals surface area contributed by atoms with Crippen LogP contribution >= 0.6 is 11.6 Å². The second-order valence-corrected chi connectivity index (χ2v) is 15.0. The molecule has 2 aliphatic heterocycles. The Balaban J connectivity index is 0.000000935. The number of aromatic amines is 1. The summed E-state index contributed by atoms with van der Waals surface area (Å²) in [6.07, 6.45) is 1.91. The lowest BCUT2D eigenvalue weighted by Crippen LogP contribution is -2.47. The molecule has 57 heavy (non-hydrogen) atoms. The first-order valence-electron chi connectivity index (χ1n) is 20.4. The molecule has 2 aliphatic rings. The fourth-order valence-corrected chi connectivity index (χ4v) is 8.47. The van der Waals surface area contributed by atoms with E-state index in [2.05, 4.69) is 71.1 Å². The average Bonchev–Trinajstić information content (AvgIpc) is 3.73. The smallest absolute Gasteiger partial charge is 0.352 e. The first-order chi connectivity index (χ1) is 27.9. The van der Waals surface area contributed by atoms with E-state index >= 15 is 0 Å². The van der Waals surface area contributed by atoms with E-state index in [0.29, 0.717) is 44.2 Å². The van der Waals surface area contributed by atoms with Crippen LogP contribution in [0.4, 0.5) is 0 Å². The van der Waals surface area contributed by atoms with Crippen molar-refractivity contribution in [2.75, 3.05) is 52.5 Å². The summed E-state index contributed by atoms with van der Waals surface area (Å²) in [5.74, 6) is -0.132. The van der Waals surface area contributed by atoms with Crippen molar-refractivity contribution in [1.29, 1.82) is 0 Å². The summed E-state index contributed by atoms with van der Waals surface area (Å²) in [6.45, 7) is 15.0. The second-order valence-electron chi connectivity index (χ2n) is 14.6. The molecule has 2 aromatic heterocycles. The zero-order valence-electron chi connectivity index (χ0n) is 33.4. The summed E-state index contributed by atoms with van der Waals surface area (Å²) < 4.78 is 22.6. The molecule has 0 radical (unpaired) electrons. The molecule has 8 rings (SSSR count). The Labute approximate surface area is 340 Å². The number of ether oxygens (including phenoxy) is 3. The molecule has 0 bridgehead atoms. The fraction of sp³-hybridized carbons (Fsp3) is 0.391. The highest BCUT2D eigenvalue weighted by Gasteiger charge is 2.33. The Morgan fingerprint density at radius 1 is 0.895 bits per heavy atom. The Morgan fingerprint density at radius 2 is 1.65 bits per heavy atom. The lowest BCUT2D eigenvalue weighted by atomic mass is 9.97. The SMILES string of the molecule is CCNCC.CCc1[nH][n+](CCN2CCOCC2)c2c1-c1c(Cl)ccc3c(CCCOc4cccc5ccccc45)c(C(=O)O)n(c13)Cc1ccccc1COC2. The van der Waals surface area contributed by atoms with Gasteiger partial charge in [-0.1, -0.05) is 99.1 Å². The Bertz CT molecular complexity index is 2300. The number of nitrogens with zero attached hydrogens (tertiary/aromatic N) is 3. The minimum absolute atomic E-state index is 0.286. The van der Waals surface area contributed by atoms with E-state index < -0.39 is 5.97 Å². The molecule has 0 saturated carbocycles. The van der Waals surface area contributed by atoms with Crippen molar-refractivity contribution in [3.05, 3.63) is 118 Å². The molecule has 0 amide bonds. The molecule has 11 heteroatoms. The summed E-state index contributed by atoms with van der Waals surface area (Å²) in [6, 6.07) is 26.3. The van der Waals surface area contributed by atoms with Gasteiger partial charge in [-0.3, -0.25) is 4.90 Å². The summed E-state index contributed by atoms with van der Waals surface area (Å²) in [5.41, 5.74) is 7.85. The van der Waals surface area contributed by atoms with Crippen molar-refractivity contribution in [2.24, 2.45) is 0 Å². The summed E-state index contributed by atoms with van der Waals surface area (Å²) >= 11 is 7.25. The number of hydrogen-bond acceptors (Lipinski definition) is 6. The van der Waals surface area contributed by atoms with Gasteiger partial charge in [0.1, 0.15) is 18.1 Å². The number of fused-ring (bicyclic) bond motifs is 4. The van der Waals surface area contributed by atoms with Crippen molar-refractivity contribution in [2.45, 2.75) is 66.3 Å². The number of aromatic nitrogens is 3. The zero-order valence-corrected chi connectivity index (χ0v) is 34.2. The molecule has 0 unspecified atom stereocenters. The third kappa shape index (κ3) is 8.91. The van der Waals surface area contributed by atoms with E-state index in [1.54, 1.807) is 0 Å². The van der Waals surface area contributed by atoms with Crippen LogP contribution in [-0.4, -0.2) is 78.2 Å². The number of benzene rings is 4. The Hall–Kier alpha value is -4.71. The van der Waals surface area contributed by atoms with E-state index in [0.717, 1.165) is 126 Å². The van der Waals surface area contributed by atoms with E-state index in [9.17, 15) is 9.90 Å². The van der Waals surface area contributed by atoms with Crippen LogP contribution in [0.3, 0.4) is 0 Å². The van der Waals surface area contributed by atoms with Gasteiger partial charge in [0, 0.05) is 36.0 Å². The van der Waals surface area contributed by atoms with Crippen LogP contribution in [0, 0.1) is 0 Å². The minimum atomic E-state index is -0.961. The largest absolute Gasteiger partial charge is 0.493 e. The second kappa shape index (κ2) is 19.2. The molecule has 300 valence electrons. The molecule has 0 atom stereocenters. The lowest BCUT2D eigenvalue weighted by molar-refractivity contribution is -0.757. The molecule has 4 aromatic carbocycles. The predicted molar refractivity (Wildman–Crippen MR) is 227 cm³/mol. The first-order valence-corrected chi connectivity index (χ1v) is 20.8. The highest BCUT2D eigenvalue weighted by Crippen LogP contribution is 2.43. The topological polar surface area (TPSA) is 105 Å². The number of hydrogen-bond donors (Lipinski definition) is 3. The van der Waals surface area contributed by atoms with Gasteiger partial charge in [0.05, 0.1) is 54.8 Å². The van der Waals surface area contributed by atoms with Crippen molar-refractivity contribution in [3.8, 4) is 16.9 Å². The standard InChI is InChI=1S/C42H43ClN4O5.C4H11N/c1-2-35-39-36(47(44-35)19-18-45-20-23-50-24-21-45)27-51-26-30-11-4-3-10-29(30)25-46-40-33(16-17-34(43)38(39)40)32(41(46)42(48)49)14-8-22-52-37-15-7-12-28-9-5-6-13-31(28)37;1-3-5-4-2/h3-7,9-13,15-17H,2,8,14,18-27H2,1H3,(H,48,49);5H,3-4H2,1-2H3/p+1. The van der Waals surface area contributed by atoms with Gasteiger partial charge >= 0.3 is 5.97 Å². The van der Waals surface area contributed by atoms with Gasteiger partial charge in [-0.25, -0.2) is 4.79 Å². The maximum Gasteiger partial charge on any atom is 0.352 e. The Morgan fingerprint density at radius 3 is 2.40 bits per heavy atom. The number of halogens is 1. The molecule has 0 aliphatic carbocycles. The predicted octanol–water partition coefficient (Wildman–Crippen LogP) is 8.03. The van der Waals surface area contributed by atoms with E-state index in [1.165, 1.54) is 0 Å². The van der Waals surface area contributed by atoms with Gasteiger partial charge in [-0.2, -0.15) is 5.10 Å². The van der Waals surface area contributed by atoms with Crippen molar-refractivity contribution < 1.29 is 28.8 Å². The Kier molecular flexibility index (Phi) is 13.6. The molecular formula is C46H55ClN5O5+. The minimum Gasteiger partial charge on any atom is -0.493 e. The lowest BCUT2D eigenvalue weighted by Gasteiger charge is -2.25. The molecule has 1 fully saturated rings. The molecule has 6 aromatic rings. The van der Waals surface area contributed by atoms with Crippen molar-refractivity contribution in [3.63, 3.8) is 0 Å². The molecule has 3 N–H and O–H groups in total. The third-order valence-electron chi connectivity index (χ3n) is 11.0. The summed E-state index contributed by atoms with van der Waals surface area (Å²) in [7, 11) is 0. The fourth-order valence-electron chi connectivity index (χ4n) is 8.22. The van der Waals surface area contributed by atoms with Crippen LogP contribution in [0.25, 0.3) is 32.8 Å². The van der Waals surface area contributed by atoms with Crippen LogP contribution in [0.2, 0.25) is 5.02 Å². The highest BCUT2D eigenvalue weighted by atomic mass is 35.5. The van der Waals surface area contributed by atoms with Gasteiger partial charge < -0.3 is 29.2 Å². The monoisotopic (exact) mass is 792 g/mol. The van der Waals surface area contributed by atoms with Crippen LogP contribution in [0.5, 0.6) is 5.75 Å².